The zero-order valence-electron chi connectivity index (χ0n) is 11.5. The van der Waals surface area contributed by atoms with Gasteiger partial charge in [-0.05, 0) is 0 Å². The van der Waals surface area contributed by atoms with Crippen molar-refractivity contribution in [1.29, 1.82) is 0 Å². The van der Waals surface area contributed by atoms with Crippen LogP contribution in [0.2, 0.25) is 0 Å². The van der Waals surface area contributed by atoms with E-state index in [-0.39, 0.29) is 62.7 Å². The first-order valence-electron chi connectivity index (χ1n) is 4.68. The molecule has 14 heteroatoms. The van der Waals surface area contributed by atoms with Crippen molar-refractivity contribution in [3.63, 3.8) is 0 Å². The number of hydrogen-bond donors (Lipinski definition) is 4. The smallest absolute Gasteiger partial charge is 0.549 e. The molecule has 0 bridgehead atoms. The molecule has 22 heavy (non-hydrogen) atoms. The molecule has 0 rings (SSSR count). The van der Waals surface area contributed by atoms with Crippen LogP contribution in [0.15, 0.2) is 0 Å². The fourth-order valence-electron chi connectivity index (χ4n) is 0. The first-order chi connectivity index (χ1) is 9.08. The van der Waals surface area contributed by atoms with E-state index in [1.807, 2.05) is 0 Å². The Kier molecular flexibility index (Phi) is 54.2. The molecule has 0 aliphatic heterocycles. The molecule has 0 radical (unpaired) electrons. The van der Waals surface area contributed by atoms with E-state index in [4.69, 9.17) is 39.6 Å². The molecule has 0 aliphatic carbocycles. The van der Waals surface area contributed by atoms with Gasteiger partial charge in [0.1, 0.15) is 0 Å². The Morgan fingerprint density at radius 3 is 0.591 bits per heavy atom. The zero-order chi connectivity index (χ0) is 17.1. The van der Waals surface area contributed by atoms with Crippen LogP contribution >= 0.6 is 0 Å². The van der Waals surface area contributed by atoms with E-state index in [0.29, 0.717) is 0 Å². The summed E-state index contributed by atoms with van der Waals surface area (Å²) in [7, 11) is 0. The number of hydrogen-bond acceptors (Lipinski definition) is 12. The predicted molar refractivity (Wildman–Crippen MR) is 56.2 cm³/mol. The number of carbonyl (C=O) groups is 4. The predicted octanol–water partition coefficient (Wildman–Crippen LogP) is -9.23. The van der Waals surface area contributed by atoms with Gasteiger partial charge in [0.25, 0.3) is 0 Å². The molecule has 0 saturated heterocycles. The van der Waals surface area contributed by atoms with Crippen LogP contribution in [0.1, 0.15) is 0 Å². The first-order valence-corrected chi connectivity index (χ1v) is 4.68. The van der Waals surface area contributed by atoms with Gasteiger partial charge >= 0.3 is 36.5 Å². The summed E-state index contributed by atoms with van der Waals surface area (Å²) < 4.78 is 0. The number of carbonyl (C=O) groups excluding carboxylic acids is 4. The summed E-state index contributed by atoms with van der Waals surface area (Å²) in [6.07, 6.45) is 0. The van der Waals surface area contributed by atoms with E-state index in [2.05, 4.69) is 22.9 Å². The third kappa shape index (κ3) is 128. The normalized spacial score (nSPS) is 6.73. The number of carboxylic acid groups (broad SMARTS) is 4. The van der Waals surface area contributed by atoms with Gasteiger partial charge in [0.05, 0.1) is 23.9 Å². The maximum Gasteiger partial charge on any atom is 2.00 e. The van der Waals surface area contributed by atoms with E-state index in [9.17, 15) is 0 Å². The SMILES string of the molecule is NCC(=O)[O-].NCC(=O)[O-].NCC(=O)[O-].NCC(=O)[O-].[Fe+2].[Zn+2]. The van der Waals surface area contributed by atoms with Crippen LogP contribution < -0.4 is 43.4 Å². The Morgan fingerprint density at radius 2 is 0.591 bits per heavy atom. The van der Waals surface area contributed by atoms with Crippen LogP contribution in [-0.2, 0) is 55.7 Å². The molecule has 0 spiro atoms. The quantitative estimate of drug-likeness (QED) is 0.310. The van der Waals surface area contributed by atoms with Crippen molar-refractivity contribution in [2.75, 3.05) is 26.2 Å². The summed E-state index contributed by atoms with van der Waals surface area (Å²) in [6, 6.07) is 0. The van der Waals surface area contributed by atoms with Gasteiger partial charge in [-0.1, -0.05) is 0 Å². The molecular formula is C8H16FeN4O8Zn. The maximum atomic E-state index is 9.13. The van der Waals surface area contributed by atoms with Crippen molar-refractivity contribution in [2.45, 2.75) is 0 Å². The first kappa shape index (κ1) is 37.3. The molecule has 0 aromatic rings. The van der Waals surface area contributed by atoms with E-state index in [1.165, 1.54) is 0 Å². The summed E-state index contributed by atoms with van der Waals surface area (Å²) >= 11 is 0. The van der Waals surface area contributed by atoms with Gasteiger partial charge in [-0.15, -0.1) is 0 Å². The van der Waals surface area contributed by atoms with Crippen molar-refractivity contribution in [3.8, 4) is 0 Å². The van der Waals surface area contributed by atoms with Crippen LogP contribution in [0.25, 0.3) is 0 Å². The Balaban J connectivity index is -0.0000000376. The second-order valence-corrected chi connectivity index (χ2v) is 2.30. The second kappa shape index (κ2) is 32.0. The Labute approximate surface area is 149 Å². The standard InChI is InChI=1S/4C2H5NO2.Fe.Zn/c4*3-1-2(4)5;;/h4*1,3H2,(H,4,5);;/q;;;;2*+2/p-4. The van der Waals surface area contributed by atoms with E-state index >= 15 is 0 Å². The molecule has 0 saturated carbocycles. The minimum absolute atomic E-state index is 0. The zero-order valence-corrected chi connectivity index (χ0v) is 15.5. The van der Waals surface area contributed by atoms with Gasteiger partial charge in [-0.25, -0.2) is 0 Å². The monoisotopic (exact) mass is 416 g/mol. The van der Waals surface area contributed by atoms with Gasteiger partial charge in [0.15, 0.2) is 0 Å². The molecule has 126 valence electrons. The molecule has 8 N–H and O–H groups in total. The third-order valence-corrected chi connectivity index (χ3v) is 0.667. The summed E-state index contributed by atoms with van der Waals surface area (Å²) in [5, 5.41) is 36.5. The molecular weight excluding hydrogens is 401 g/mol. The average molecular weight is 417 g/mol. The third-order valence-electron chi connectivity index (χ3n) is 0.667. The van der Waals surface area contributed by atoms with E-state index in [1.54, 1.807) is 0 Å². The molecule has 0 atom stereocenters. The fourth-order valence-corrected chi connectivity index (χ4v) is 0. The largest absolute Gasteiger partial charge is 2.00 e. The average Bonchev–Trinajstić information content (AvgIpc) is 2.40. The minimum atomic E-state index is -1.22. The van der Waals surface area contributed by atoms with Crippen LogP contribution in [0.4, 0.5) is 0 Å². The van der Waals surface area contributed by atoms with Crippen LogP contribution in [0.5, 0.6) is 0 Å². The van der Waals surface area contributed by atoms with Gasteiger partial charge in [-0.2, -0.15) is 0 Å². The minimum Gasteiger partial charge on any atom is -0.549 e. The van der Waals surface area contributed by atoms with Crippen LogP contribution in [0.3, 0.4) is 0 Å². The Bertz CT molecular complexity index is 239. The van der Waals surface area contributed by atoms with Gasteiger partial charge in [0, 0.05) is 26.2 Å². The molecule has 0 aliphatic rings. The van der Waals surface area contributed by atoms with Gasteiger partial charge in [-0.3, -0.25) is 0 Å². The van der Waals surface area contributed by atoms with Crippen molar-refractivity contribution in [3.05, 3.63) is 0 Å². The summed E-state index contributed by atoms with van der Waals surface area (Å²) in [5.74, 6) is -4.87. The van der Waals surface area contributed by atoms with Crippen molar-refractivity contribution < 1.29 is 76.2 Å². The van der Waals surface area contributed by atoms with Crippen LogP contribution in [0, 0.1) is 0 Å². The molecule has 0 unspecified atom stereocenters. The van der Waals surface area contributed by atoms with Crippen molar-refractivity contribution in [2.24, 2.45) is 22.9 Å². The molecule has 12 nitrogen and oxygen atoms in total. The van der Waals surface area contributed by atoms with Crippen LogP contribution in [-0.4, -0.2) is 50.1 Å². The molecule has 0 heterocycles. The maximum absolute atomic E-state index is 9.13. The number of aliphatic carboxylic acids is 4. The second-order valence-electron chi connectivity index (χ2n) is 2.30. The van der Waals surface area contributed by atoms with Crippen molar-refractivity contribution in [1.82, 2.24) is 0 Å². The van der Waals surface area contributed by atoms with Gasteiger partial charge in [0.2, 0.25) is 0 Å². The summed E-state index contributed by atoms with van der Waals surface area (Å²) in [6.45, 7) is -1.56. The van der Waals surface area contributed by atoms with Crippen molar-refractivity contribution >= 4 is 23.9 Å². The number of rotatable bonds is 4. The van der Waals surface area contributed by atoms with E-state index < -0.39 is 23.9 Å². The molecule has 0 fully saturated rings. The summed E-state index contributed by atoms with van der Waals surface area (Å²) in [4.78, 5) is 36.5. The molecule has 0 aromatic heterocycles. The fraction of sp³-hybridized carbons (Fsp3) is 0.500. The van der Waals surface area contributed by atoms with E-state index in [0.717, 1.165) is 0 Å². The topological polar surface area (TPSA) is 265 Å². The Hall–Kier alpha value is -1.14. The summed E-state index contributed by atoms with van der Waals surface area (Å²) in [5.41, 5.74) is 18.0. The molecule has 0 amide bonds. The Morgan fingerprint density at radius 1 is 0.545 bits per heavy atom. The number of carboxylic acids is 4. The van der Waals surface area contributed by atoms with Gasteiger partial charge < -0.3 is 62.5 Å². The molecule has 0 aromatic carbocycles. The number of nitrogens with two attached hydrogens (primary N) is 4.